The number of hydrogen-bond donors (Lipinski definition) is 1. The monoisotopic (exact) mass is 375 g/mol. The molecule has 0 spiro atoms. The number of carbonyl (C=O) groups is 2. The van der Waals surface area contributed by atoms with Crippen molar-refractivity contribution in [2.24, 2.45) is 0 Å². The van der Waals surface area contributed by atoms with Crippen molar-refractivity contribution in [2.45, 2.75) is 19.3 Å². The van der Waals surface area contributed by atoms with Gasteiger partial charge in [0.2, 0.25) is 0 Å². The molecule has 1 atom stereocenters. The molecule has 5 heteroatoms. The minimum Gasteiger partial charge on any atom is -0.455 e. The van der Waals surface area contributed by atoms with Gasteiger partial charge in [-0.15, -0.1) is 0 Å². The van der Waals surface area contributed by atoms with Gasteiger partial charge in [-0.3, -0.25) is 9.59 Å². The molecule has 2 aromatic carbocycles. The summed E-state index contributed by atoms with van der Waals surface area (Å²) in [5.74, 6) is -1.09. The van der Waals surface area contributed by atoms with Gasteiger partial charge in [0.05, 0.1) is 5.92 Å². The summed E-state index contributed by atoms with van der Waals surface area (Å²) in [7, 11) is 0. The largest absolute Gasteiger partial charge is 0.455 e. The lowest BCUT2D eigenvalue weighted by Crippen LogP contribution is -2.23. The smallest absolute Gasteiger partial charge is 0.313 e. The van der Waals surface area contributed by atoms with Gasteiger partial charge in [0.25, 0.3) is 5.91 Å². The van der Waals surface area contributed by atoms with Gasteiger partial charge in [0.1, 0.15) is 0 Å². The van der Waals surface area contributed by atoms with Crippen molar-refractivity contribution in [2.75, 3.05) is 11.9 Å². The van der Waals surface area contributed by atoms with Crippen molar-refractivity contribution in [3.63, 3.8) is 0 Å². The SMILES string of the molecule is CC[C@@H](C(=O)OCC(=O)Nc1ccc(Br)cc1)c1ccccc1. The molecule has 0 aliphatic heterocycles. The van der Waals surface area contributed by atoms with Crippen LogP contribution in [-0.4, -0.2) is 18.5 Å². The van der Waals surface area contributed by atoms with Crippen LogP contribution in [0.4, 0.5) is 5.69 Å². The molecule has 0 saturated heterocycles. The maximum absolute atomic E-state index is 12.2. The fraction of sp³-hybridized carbons (Fsp3) is 0.222. The number of anilines is 1. The Kier molecular flexibility index (Phi) is 6.35. The summed E-state index contributed by atoms with van der Waals surface area (Å²) in [6.07, 6.45) is 0.622. The van der Waals surface area contributed by atoms with Gasteiger partial charge in [-0.2, -0.15) is 0 Å². The molecular formula is C18H18BrNO3. The van der Waals surface area contributed by atoms with Crippen LogP contribution in [0.5, 0.6) is 0 Å². The van der Waals surface area contributed by atoms with E-state index >= 15 is 0 Å². The normalized spacial score (nSPS) is 11.6. The first-order valence-electron chi connectivity index (χ1n) is 7.37. The second-order valence-corrected chi connectivity index (χ2v) is 5.95. The third-order valence-corrected chi connectivity index (χ3v) is 3.90. The number of amides is 1. The fourth-order valence-corrected chi connectivity index (χ4v) is 2.46. The summed E-state index contributed by atoms with van der Waals surface area (Å²) in [5, 5.41) is 2.68. The molecule has 1 N–H and O–H groups in total. The Bertz CT molecular complexity index is 656. The average molecular weight is 376 g/mol. The van der Waals surface area contributed by atoms with Crippen LogP contribution in [0.2, 0.25) is 0 Å². The second-order valence-electron chi connectivity index (χ2n) is 5.03. The minimum atomic E-state index is -0.385. The van der Waals surface area contributed by atoms with E-state index < -0.39 is 0 Å². The lowest BCUT2D eigenvalue weighted by atomic mass is 9.97. The van der Waals surface area contributed by atoms with Gasteiger partial charge in [0.15, 0.2) is 6.61 Å². The molecular weight excluding hydrogens is 358 g/mol. The zero-order valence-corrected chi connectivity index (χ0v) is 14.4. The van der Waals surface area contributed by atoms with Crippen LogP contribution < -0.4 is 5.32 Å². The fourth-order valence-electron chi connectivity index (χ4n) is 2.19. The standard InChI is InChI=1S/C18H18BrNO3/c1-2-16(13-6-4-3-5-7-13)18(22)23-12-17(21)20-15-10-8-14(19)9-11-15/h3-11,16H,2,12H2,1H3,(H,20,21)/t16-/m1/s1. The maximum atomic E-state index is 12.2. The zero-order chi connectivity index (χ0) is 16.7. The number of rotatable bonds is 6. The van der Waals surface area contributed by atoms with Crippen LogP contribution in [0.1, 0.15) is 24.8 Å². The summed E-state index contributed by atoms with van der Waals surface area (Å²) in [6, 6.07) is 16.6. The molecule has 0 unspecified atom stereocenters. The molecule has 0 aliphatic rings. The van der Waals surface area contributed by atoms with Gasteiger partial charge in [-0.05, 0) is 36.2 Å². The van der Waals surface area contributed by atoms with Crippen molar-refractivity contribution in [1.82, 2.24) is 0 Å². The van der Waals surface area contributed by atoms with E-state index in [1.165, 1.54) is 0 Å². The Morgan fingerprint density at radius 3 is 2.35 bits per heavy atom. The molecule has 23 heavy (non-hydrogen) atoms. The van der Waals surface area contributed by atoms with E-state index in [0.717, 1.165) is 10.0 Å². The van der Waals surface area contributed by atoms with Gasteiger partial charge in [-0.25, -0.2) is 0 Å². The van der Waals surface area contributed by atoms with Crippen molar-refractivity contribution in [1.29, 1.82) is 0 Å². The van der Waals surface area contributed by atoms with Crippen molar-refractivity contribution in [3.8, 4) is 0 Å². The molecule has 2 aromatic rings. The number of benzene rings is 2. The number of carbonyl (C=O) groups excluding carboxylic acids is 2. The first-order chi connectivity index (χ1) is 11.1. The second kappa shape index (κ2) is 8.48. The van der Waals surface area contributed by atoms with E-state index in [4.69, 9.17) is 4.74 Å². The van der Waals surface area contributed by atoms with Crippen LogP contribution in [-0.2, 0) is 14.3 Å². The molecule has 0 radical (unpaired) electrons. The minimum absolute atomic E-state index is 0.293. The summed E-state index contributed by atoms with van der Waals surface area (Å²) in [5.41, 5.74) is 1.55. The molecule has 0 bridgehead atoms. The van der Waals surface area contributed by atoms with E-state index in [2.05, 4.69) is 21.2 Å². The van der Waals surface area contributed by atoms with Gasteiger partial charge >= 0.3 is 5.97 Å². The van der Waals surface area contributed by atoms with Gasteiger partial charge in [-0.1, -0.05) is 53.2 Å². The first kappa shape index (κ1) is 17.2. The molecule has 4 nitrogen and oxygen atoms in total. The lowest BCUT2D eigenvalue weighted by Gasteiger charge is -2.14. The summed E-state index contributed by atoms with van der Waals surface area (Å²) < 4.78 is 6.07. The Labute approximate surface area is 144 Å². The van der Waals surface area contributed by atoms with E-state index in [1.807, 2.05) is 49.4 Å². The number of ether oxygens (including phenoxy) is 1. The highest BCUT2D eigenvalue weighted by atomic mass is 79.9. The lowest BCUT2D eigenvalue weighted by molar-refractivity contribution is -0.149. The Morgan fingerprint density at radius 2 is 1.74 bits per heavy atom. The number of halogens is 1. The van der Waals surface area contributed by atoms with Crippen LogP contribution in [0.3, 0.4) is 0 Å². The summed E-state index contributed by atoms with van der Waals surface area (Å²) in [6.45, 7) is 1.62. The van der Waals surface area contributed by atoms with E-state index in [0.29, 0.717) is 12.1 Å². The van der Waals surface area contributed by atoms with Gasteiger partial charge < -0.3 is 10.1 Å². The average Bonchev–Trinajstić information content (AvgIpc) is 2.57. The van der Waals surface area contributed by atoms with Crippen LogP contribution in [0, 0.1) is 0 Å². The molecule has 0 fully saturated rings. The molecule has 2 rings (SSSR count). The predicted molar refractivity (Wildman–Crippen MR) is 93.2 cm³/mol. The molecule has 1 amide bonds. The number of hydrogen-bond acceptors (Lipinski definition) is 3. The molecule has 0 heterocycles. The third-order valence-electron chi connectivity index (χ3n) is 3.37. The number of esters is 1. The van der Waals surface area contributed by atoms with E-state index in [1.54, 1.807) is 12.1 Å². The van der Waals surface area contributed by atoms with E-state index in [-0.39, 0.29) is 24.4 Å². The quantitative estimate of drug-likeness (QED) is 0.772. The molecule has 120 valence electrons. The van der Waals surface area contributed by atoms with Crippen molar-refractivity contribution < 1.29 is 14.3 Å². The predicted octanol–water partition coefficient (Wildman–Crippen LogP) is 4.12. The van der Waals surface area contributed by atoms with Crippen LogP contribution in [0.25, 0.3) is 0 Å². The highest BCUT2D eigenvalue weighted by Crippen LogP contribution is 2.20. The van der Waals surface area contributed by atoms with Gasteiger partial charge in [0, 0.05) is 10.2 Å². The highest BCUT2D eigenvalue weighted by molar-refractivity contribution is 9.10. The highest BCUT2D eigenvalue weighted by Gasteiger charge is 2.20. The van der Waals surface area contributed by atoms with E-state index in [9.17, 15) is 9.59 Å². The maximum Gasteiger partial charge on any atom is 0.313 e. The molecule has 0 aliphatic carbocycles. The van der Waals surface area contributed by atoms with Crippen LogP contribution >= 0.6 is 15.9 Å². The molecule has 0 aromatic heterocycles. The third kappa shape index (κ3) is 5.21. The van der Waals surface area contributed by atoms with Crippen molar-refractivity contribution in [3.05, 3.63) is 64.6 Å². The Morgan fingerprint density at radius 1 is 1.09 bits per heavy atom. The molecule has 0 saturated carbocycles. The van der Waals surface area contributed by atoms with Crippen LogP contribution in [0.15, 0.2) is 59.1 Å². The Balaban J connectivity index is 1.87. The zero-order valence-electron chi connectivity index (χ0n) is 12.8. The summed E-state index contributed by atoms with van der Waals surface area (Å²) >= 11 is 3.33. The topological polar surface area (TPSA) is 55.4 Å². The first-order valence-corrected chi connectivity index (χ1v) is 8.16. The Hall–Kier alpha value is -2.14. The number of nitrogens with one attached hydrogen (secondary N) is 1. The van der Waals surface area contributed by atoms with Crippen molar-refractivity contribution >= 4 is 33.5 Å². The summed E-state index contributed by atoms with van der Waals surface area (Å²) in [4.78, 5) is 24.0.